The second-order valence-electron chi connectivity index (χ2n) is 18.6. The van der Waals surface area contributed by atoms with Crippen LogP contribution in [0.15, 0.2) is 60.7 Å². The molecule has 0 radical (unpaired) electrons. The van der Waals surface area contributed by atoms with Crippen LogP contribution in [0.4, 0.5) is 15.8 Å². The molecule has 0 bridgehead atoms. The van der Waals surface area contributed by atoms with Crippen LogP contribution in [0.25, 0.3) is 0 Å². The molecule has 9 rings (SSSR count). The lowest BCUT2D eigenvalue weighted by Gasteiger charge is -2.47. The fourth-order valence-corrected chi connectivity index (χ4v) is 12.2. The minimum Gasteiger partial charge on any atom is -0.356 e. The van der Waals surface area contributed by atoms with Crippen molar-refractivity contribution < 1.29 is 28.7 Å². The highest BCUT2D eigenvalue weighted by Crippen LogP contribution is 2.63. The molecule has 1 unspecified atom stereocenters. The Hall–Kier alpha value is -4.27. The number of amides is 4. The van der Waals surface area contributed by atoms with E-state index in [2.05, 4.69) is 38.3 Å². The molecule has 6 aliphatic rings. The first kappa shape index (κ1) is 44.0. The van der Waals surface area contributed by atoms with Crippen LogP contribution in [-0.4, -0.2) is 102 Å². The van der Waals surface area contributed by atoms with Crippen LogP contribution in [0.1, 0.15) is 99.7 Å². The molecule has 15 heteroatoms. The second-order valence-corrected chi connectivity index (χ2v) is 19.4. The van der Waals surface area contributed by atoms with Crippen LogP contribution >= 0.6 is 23.2 Å². The first-order valence-electron chi connectivity index (χ1n) is 22.9. The first-order chi connectivity index (χ1) is 30.5. The van der Waals surface area contributed by atoms with Gasteiger partial charge in [0.05, 0.1) is 11.1 Å². The number of aryl methyl sites for hydroxylation is 1. The van der Waals surface area contributed by atoms with Crippen molar-refractivity contribution in [3.05, 3.63) is 93.2 Å². The van der Waals surface area contributed by atoms with E-state index in [1.165, 1.54) is 11.6 Å². The predicted molar refractivity (Wildman–Crippen MR) is 241 cm³/mol. The number of aliphatic hydroxyl groups is 1. The highest BCUT2D eigenvalue weighted by atomic mass is 35.5. The Morgan fingerprint density at radius 2 is 1.63 bits per heavy atom. The monoisotopic (exact) mass is 901 g/mol. The molecule has 4 heterocycles. The molecular weight excluding hydrogens is 844 g/mol. The topological polar surface area (TPSA) is 146 Å². The molecule has 2 saturated carbocycles. The van der Waals surface area contributed by atoms with E-state index in [9.17, 15) is 24.3 Å². The van der Waals surface area contributed by atoms with Gasteiger partial charge >= 0.3 is 0 Å². The molecule has 3 aromatic rings. The van der Waals surface area contributed by atoms with Crippen molar-refractivity contribution in [2.45, 2.75) is 119 Å². The van der Waals surface area contributed by atoms with Gasteiger partial charge in [0.1, 0.15) is 11.2 Å². The van der Waals surface area contributed by atoms with E-state index in [0.717, 1.165) is 69.4 Å². The Labute approximate surface area is 378 Å². The lowest BCUT2D eigenvalue weighted by atomic mass is 9.55. The molecule has 12 nitrogen and oxygen atoms in total. The number of anilines is 2. The number of hydrogen-bond donors (Lipinski definition) is 5. The zero-order valence-electron chi connectivity index (χ0n) is 35.7. The summed E-state index contributed by atoms with van der Waals surface area (Å²) in [5.41, 5.74) is 1.58. The largest absolute Gasteiger partial charge is 0.356 e. The normalized spacial score (nSPS) is 28.2. The fraction of sp³-hybridized carbons (Fsp3) is 0.542. The summed E-state index contributed by atoms with van der Waals surface area (Å²) in [5.74, 6) is -2.08. The van der Waals surface area contributed by atoms with E-state index in [1.54, 1.807) is 29.2 Å². The number of benzene rings is 3. The number of nitrogens with zero attached hydrogens (tertiary/aromatic N) is 3. The fourth-order valence-electron chi connectivity index (χ4n) is 11.9. The minimum absolute atomic E-state index is 0.0593. The average Bonchev–Trinajstić information content (AvgIpc) is 3.74. The van der Waals surface area contributed by atoms with Gasteiger partial charge in [0.2, 0.25) is 30.0 Å². The van der Waals surface area contributed by atoms with Gasteiger partial charge in [0.15, 0.2) is 0 Å². The van der Waals surface area contributed by atoms with Gasteiger partial charge in [-0.15, -0.1) is 0 Å². The van der Waals surface area contributed by atoms with Crippen LogP contribution in [0.3, 0.4) is 0 Å². The van der Waals surface area contributed by atoms with Gasteiger partial charge < -0.3 is 30.9 Å². The summed E-state index contributed by atoms with van der Waals surface area (Å²) in [6, 6.07) is 17.3. The van der Waals surface area contributed by atoms with Crippen LogP contribution < -0.4 is 26.2 Å². The quantitative estimate of drug-likeness (QED) is 0.151. The van der Waals surface area contributed by atoms with Crippen molar-refractivity contribution in [1.82, 2.24) is 25.8 Å². The first-order valence-corrected chi connectivity index (χ1v) is 23.7. The molecule has 4 aliphatic heterocycles. The van der Waals surface area contributed by atoms with E-state index in [1.807, 2.05) is 23.1 Å². The SMILES string of the molecule is O=C1CCN(c2ccc(CCCCN3CCN(C(=O)C4CCC(NC(=O)[C@@H]5NC6(CCCCC6)[C@@]6(C(=O)Nc7cc(Cl)ccc76)[C@H]5c5cccc(Cl)c5F)CC4)CC3)cc2)C(O)N1. The van der Waals surface area contributed by atoms with Gasteiger partial charge in [0, 0.05) is 79.0 Å². The molecule has 0 aromatic heterocycles. The Morgan fingerprint density at radius 3 is 2.37 bits per heavy atom. The summed E-state index contributed by atoms with van der Waals surface area (Å²) in [7, 11) is 0. The maximum Gasteiger partial charge on any atom is 0.238 e. The highest BCUT2D eigenvalue weighted by Gasteiger charge is 2.72. The van der Waals surface area contributed by atoms with Gasteiger partial charge in [-0.3, -0.25) is 29.4 Å². The summed E-state index contributed by atoms with van der Waals surface area (Å²) in [6.07, 6.45) is 9.15. The van der Waals surface area contributed by atoms with Gasteiger partial charge in [-0.25, -0.2) is 4.39 Å². The van der Waals surface area contributed by atoms with E-state index in [-0.39, 0.29) is 46.2 Å². The Balaban J connectivity index is 0.785. The third kappa shape index (κ3) is 8.33. The van der Waals surface area contributed by atoms with Gasteiger partial charge in [-0.2, -0.15) is 0 Å². The maximum absolute atomic E-state index is 16.3. The van der Waals surface area contributed by atoms with Crippen LogP contribution in [0, 0.1) is 11.7 Å². The van der Waals surface area contributed by atoms with Crippen LogP contribution in [-0.2, 0) is 31.0 Å². The Kier molecular flexibility index (Phi) is 12.8. The van der Waals surface area contributed by atoms with Crippen molar-refractivity contribution in [3.63, 3.8) is 0 Å². The number of rotatable bonds is 10. The van der Waals surface area contributed by atoms with Gasteiger partial charge in [-0.05, 0) is 111 Å². The third-order valence-corrected chi connectivity index (χ3v) is 15.6. The number of aliphatic hydroxyl groups excluding tert-OH is 1. The Bertz CT molecular complexity index is 2210. The van der Waals surface area contributed by atoms with Crippen LogP contribution in [0.2, 0.25) is 10.0 Å². The van der Waals surface area contributed by atoms with Gasteiger partial charge in [0.25, 0.3) is 0 Å². The summed E-state index contributed by atoms with van der Waals surface area (Å²) >= 11 is 12.8. The number of carbonyl (C=O) groups is 4. The third-order valence-electron chi connectivity index (χ3n) is 15.0. The number of nitrogens with one attached hydrogen (secondary N) is 4. The zero-order chi connectivity index (χ0) is 43.9. The number of fused-ring (bicyclic) bond motifs is 3. The molecular formula is C48H58Cl2FN7O5. The van der Waals surface area contributed by atoms with Crippen molar-refractivity contribution in [2.24, 2.45) is 5.92 Å². The van der Waals surface area contributed by atoms with Crippen LogP contribution in [0.5, 0.6) is 0 Å². The predicted octanol–water partition coefficient (Wildman–Crippen LogP) is 6.23. The molecule has 4 atom stereocenters. The maximum atomic E-state index is 16.3. The van der Waals surface area contributed by atoms with E-state index < -0.39 is 35.1 Å². The number of unbranched alkanes of at least 4 members (excludes halogenated alkanes) is 1. The van der Waals surface area contributed by atoms with Crippen molar-refractivity contribution >= 4 is 58.2 Å². The van der Waals surface area contributed by atoms with Gasteiger partial charge in [-0.1, -0.05) is 72.8 Å². The highest BCUT2D eigenvalue weighted by molar-refractivity contribution is 6.31. The molecule has 2 aliphatic carbocycles. The lowest BCUT2D eigenvalue weighted by molar-refractivity contribution is -0.138. The standard InChI is InChI=1S/C48H58Cl2FN7O5/c49-32-14-19-36-38(29-32)53-45(62)48(36)40(35-8-6-9-37(50)41(35)51)42(55-47(48)21-3-1-4-22-47)43(60)52-33-15-12-31(13-16-33)44(61)57-27-25-56(26-28-57)23-5-2-7-30-10-17-34(18-11-30)58-24-20-39(59)54-46(58)63/h6,8-11,14,17-19,29,31,33,40,42,46,55,63H,1-5,7,12-13,15-16,20-28H2,(H,52,60)(H,53,62)(H,54,59)/t31?,33?,40-,42+,46?,48+/m0/s1. The number of piperazine rings is 1. The summed E-state index contributed by atoms with van der Waals surface area (Å²) < 4.78 is 16.3. The zero-order valence-corrected chi connectivity index (χ0v) is 37.2. The number of carbonyl (C=O) groups excluding carboxylic acids is 4. The van der Waals surface area contributed by atoms with Crippen molar-refractivity contribution in [3.8, 4) is 0 Å². The molecule has 3 aromatic carbocycles. The summed E-state index contributed by atoms with van der Waals surface area (Å²) in [5, 5.41) is 23.3. The molecule has 2 spiro atoms. The molecule has 5 fully saturated rings. The average molecular weight is 903 g/mol. The summed E-state index contributed by atoms with van der Waals surface area (Å²) in [4.78, 5) is 60.9. The minimum atomic E-state index is -1.29. The molecule has 5 N–H and O–H groups in total. The van der Waals surface area contributed by atoms with Crippen molar-refractivity contribution in [1.29, 1.82) is 0 Å². The molecule has 336 valence electrons. The molecule has 63 heavy (non-hydrogen) atoms. The Morgan fingerprint density at radius 1 is 0.889 bits per heavy atom. The van der Waals surface area contributed by atoms with E-state index in [4.69, 9.17) is 23.2 Å². The summed E-state index contributed by atoms with van der Waals surface area (Å²) in [6.45, 7) is 4.59. The lowest BCUT2D eigenvalue weighted by Crippen LogP contribution is -2.60. The smallest absolute Gasteiger partial charge is 0.238 e. The van der Waals surface area contributed by atoms with E-state index >= 15 is 4.39 Å². The molecule has 4 amide bonds. The van der Waals surface area contributed by atoms with Crippen molar-refractivity contribution in [2.75, 3.05) is 49.5 Å². The molecule has 3 saturated heterocycles. The number of hydrogen-bond acceptors (Lipinski definition) is 8. The number of halogens is 3. The second kappa shape index (κ2) is 18.3. The van der Waals surface area contributed by atoms with E-state index in [0.29, 0.717) is 75.3 Å².